The number of aromatic nitrogens is 4. The molecule has 8 nitrogen and oxygen atoms in total. The van der Waals surface area contributed by atoms with E-state index in [0.717, 1.165) is 37.8 Å². The summed E-state index contributed by atoms with van der Waals surface area (Å²) in [5.41, 5.74) is 1.99. The number of carbonyl (C=O) groups is 1. The van der Waals surface area contributed by atoms with Gasteiger partial charge in [0.05, 0.1) is 25.5 Å². The van der Waals surface area contributed by atoms with Gasteiger partial charge in [-0.2, -0.15) is 0 Å². The highest BCUT2D eigenvalue weighted by Crippen LogP contribution is 2.19. The van der Waals surface area contributed by atoms with Crippen LogP contribution in [0.2, 0.25) is 0 Å². The van der Waals surface area contributed by atoms with Gasteiger partial charge in [-0.3, -0.25) is 9.89 Å². The van der Waals surface area contributed by atoms with Crippen molar-refractivity contribution in [1.82, 2.24) is 19.7 Å². The molecule has 0 radical (unpaired) electrons. The summed E-state index contributed by atoms with van der Waals surface area (Å²) in [4.78, 5) is 35.7. The van der Waals surface area contributed by atoms with E-state index in [-0.39, 0.29) is 12.1 Å². The van der Waals surface area contributed by atoms with Gasteiger partial charge < -0.3 is 14.4 Å². The van der Waals surface area contributed by atoms with Crippen LogP contribution in [0.15, 0.2) is 17.2 Å². The van der Waals surface area contributed by atoms with E-state index in [1.54, 1.807) is 0 Å². The summed E-state index contributed by atoms with van der Waals surface area (Å²) in [6.07, 6.45) is 8.73. The van der Waals surface area contributed by atoms with Crippen LogP contribution in [0.4, 0.5) is 5.69 Å². The molecule has 27 heavy (non-hydrogen) atoms. The van der Waals surface area contributed by atoms with Gasteiger partial charge in [0.15, 0.2) is 0 Å². The molecular formula is C19H27N5O3. The van der Waals surface area contributed by atoms with Gasteiger partial charge in [0.1, 0.15) is 24.1 Å². The van der Waals surface area contributed by atoms with Crippen molar-refractivity contribution in [3.63, 3.8) is 0 Å². The Morgan fingerprint density at radius 3 is 2.74 bits per heavy atom. The first kappa shape index (κ1) is 19.3. The fourth-order valence-electron chi connectivity index (χ4n) is 3.47. The molecule has 3 heterocycles. The smallest absolute Gasteiger partial charge is 0.290 e. The summed E-state index contributed by atoms with van der Waals surface area (Å²) >= 11 is 0. The Balaban J connectivity index is 2.22. The van der Waals surface area contributed by atoms with Gasteiger partial charge >= 0.3 is 0 Å². The average Bonchev–Trinajstić information content (AvgIpc) is 2.78. The zero-order valence-corrected chi connectivity index (χ0v) is 15.8. The number of hydrogen-bond acceptors (Lipinski definition) is 6. The Morgan fingerprint density at radius 1 is 1.26 bits per heavy atom. The van der Waals surface area contributed by atoms with E-state index in [0.29, 0.717) is 43.3 Å². The van der Waals surface area contributed by atoms with Crippen LogP contribution in [0.1, 0.15) is 44.1 Å². The largest absolute Gasteiger partial charge is 0.377 e. The van der Waals surface area contributed by atoms with E-state index in [4.69, 9.17) is 4.74 Å². The first-order chi connectivity index (χ1) is 13.2. The standard InChI is InChI=1S/C19H27N5O3/c1-2-16-17(23-8-4-3-5-9-23)19(26)24(10-11-25)22-18(21-14-20-16)15-6-12-27-13-7-15/h6,11,14H,2-5,7-10,12-13H2,1H3,(H,20,21,22). The highest BCUT2D eigenvalue weighted by molar-refractivity contribution is 5.60. The fourth-order valence-corrected chi connectivity index (χ4v) is 3.47. The minimum atomic E-state index is -0.236. The highest BCUT2D eigenvalue weighted by atomic mass is 16.5. The maximum atomic E-state index is 13.4. The van der Waals surface area contributed by atoms with Crippen LogP contribution in [-0.4, -0.2) is 52.3 Å². The molecule has 0 spiro atoms. The number of aryl methyl sites for hydroxylation is 1. The van der Waals surface area contributed by atoms with Gasteiger partial charge in [-0.1, -0.05) is 13.0 Å². The molecule has 0 saturated carbocycles. The van der Waals surface area contributed by atoms with Crippen LogP contribution in [0.3, 0.4) is 0 Å². The molecule has 0 atom stereocenters. The molecule has 1 fully saturated rings. The molecule has 2 aliphatic heterocycles. The second-order valence-electron chi connectivity index (χ2n) is 6.67. The molecule has 8 heteroatoms. The number of nitrogens with zero attached hydrogens (tertiary/aromatic N) is 4. The highest BCUT2D eigenvalue weighted by Gasteiger charge is 2.19. The van der Waals surface area contributed by atoms with Gasteiger partial charge in [-0.15, -0.1) is 0 Å². The third-order valence-corrected chi connectivity index (χ3v) is 4.89. The van der Waals surface area contributed by atoms with E-state index in [9.17, 15) is 9.59 Å². The summed E-state index contributed by atoms with van der Waals surface area (Å²) < 4.78 is 6.70. The zero-order chi connectivity index (χ0) is 19.1. The normalized spacial score (nSPS) is 17.2. The molecule has 1 N–H and O–H groups in total. The number of anilines is 1. The third kappa shape index (κ3) is 4.63. The van der Waals surface area contributed by atoms with E-state index in [2.05, 4.69) is 20.0 Å². The number of ether oxygens (including phenoxy) is 1. The van der Waals surface area contributed by atoms with E-state index in [1.807, 2.05) is 13.0 Å². The van der Waals surface area contributed by atoms with Gasteiger partial charge in [0, 0.05) is 13.1 Å². The van der Waals surface area contributed by atoms with Crippen molar-refractivity contribution in [2.24, 2.45) is 0 Å². The number of aromatic amines is 1. The van der Waals surface area contributed by atoms with Crippen molar-refractivity contribution in [1.29, 1.82) is 0 Å². The van der Waals surface area contributed by atoms with Crippen molar-refractivity contribution in [2.45, 2.75) is 45.6 Å². The molecular weight excluding hydrogens is 346 g/mol. The quantitative estimate of drug-likeness (QED) is 0.789. The summed E-state index contributed by atoms with van der Waals surface area (Å²) in [7, 11) is 0. The second-order valence-corrected chi connectivity index (χ2v) is 6.67. The molecule has 1 saturated heterocycles. The van der Waals surface area contributed by atoms with Crippen molar-refractivity contribution in [3.8, 4) is 0 Å². The van der Waals surface area contributed by atoms with Crippen molar-refractivity contribution < 1.29 is 9.53 Å². The summed E-state index contributed by atoms with van der Waals surface area (Å²) in [5.74, 6) is 0.535. The number of H-pyrrole nitrogens is 1. The van der Waals surface area contributed by atoms with Crippen molar-refractivity contribution in [3.05, 3.63) is 34.3 Å². The monoisotopic (exact) mass is 373 g/mol. The van der Waals surface area contributed by atoms with Crippen LogP contribution in [0.25, 0.3) is 5.57 Å². The van der Waals surface area contributed by atoms with Crippen LogP contribution in [-0.2, 0) is 22.5 Å². The third-order valence-electron chi connectivity index (χ3n) is 4.89. The molecule has 146 valence electrons. The van der Waals surface area contributed by atoms with Crippen LogP contribution in [0, 0.1) is 0 Å². The SMILES string of the molecule is CCc1ncnc(C2=CCOCC2)[nH]n(CC=O)c(=O)c1N1CCCCC1. The number of piperidine rings is 1. The molecule has 0 bridgehead atoms. The van der Waals surface area contributed by atoms with Crippen LogP contribution in [0.5, 0.6) is 0 Å². The Bertz CT molecular complexity index is 804. The molecule has 2 aliphatic rings. The molecule has 0 unspecified atom stereocenters. The predicted octanol–water partition coefficient (Wildman–Crippen LogP) is 1.65. The molecule has 0 aromatic carbocycles. The minimum Gasteiger partial charge on any atom is -0.377 e. The van der Waals surface area contributed by atoms with E-state index in [1.165, 1.54) is 17.4 Å². The first-order valence-electron chi connectivity index (χ1n) is 9.62. The average molecular weight is 373 g/mol. The number of aldehydes is 1. The summed E-state index contributed by atoms with van der Waals surface area (Å²) in [5, 5.41) is 3.06. The number of rotatable bonds is 5. The van der Waals surface area contributed by atoms with Gasteiger partial charge in [0.2, 0.25) is 0 Å². The summed E-state index contributed by atoms with van der Waals surface area (Å²) in [6, 6.07) is 0. The van der Waals surface area contributed by atoms with Crippen LogP contribution >= 0.6 is 0 Å². The van der Waals surface area contributed by atoms with Crippen molar-refractivity contribution in [2.75, 3.05) is 31.2 Å². The maximum absolute atomic E-state index is 13.4. The van der Waals surface area contributed by atoms with E-state index >= 15 is 0 Å². The summed E-state index contributed by atoms with van der Waals surface area (Å²) in [6.45, 7) is 4.67. The Hall–Kier alpha value is -2.48. The molecule has 0 amide bonds. The lowest BCUT2D eigenvalue weighted by atomic mass is 10.1. The zero-order valence-electron chi connectivity index (χ0n) is 15.8. The second kappa shape index (κ2) is 9.45. The number of carbonyl (C=O) groups excluding carboxylic acids is 1. The first-order valence-corrected chi connectivity index (χ1v) is 9.62. The van der Waals surface area contributed by atoms with Gasteiger partial charge in [-0.25, -0.2) is 14.6 Å². The maximum Gasteiger partial charge on any atom is 0.290 e. The molecule has 3 rings (SSSR count). The number of nitrogens with one attached hydrogen (secondary N) is 1. The van der Waals surface area contributed by atoms with Crippen molar-refractivity contribution >= 4 is 17.5 Å². The van der Waals surface area contributed by atoms with E-state index < -0.39 is 0 Å². The van der Waals surface area contributed by atoms with Gasteiger partial charge in [0.25, 0.3) is 5.56 Å². The lowest BCUT2D eigenvalue weighted by molar-refractivity contribution is -0.108. The lowest BCUT2D eigenvalue weighted by Crippen LogP contribution is -2.37. The Kier molecular flexibility index (Phi) is 6.75. The Labute approximate surface area is 158 Å². The lowest BCUT2D eigenvalue weighted by Gasteiger charge is -2.28. The number of hydrogen-bond donors (Lipinski definition) is 1. The molecule has 1 aromatic rings. The fraction of sp³-hybridized carbons (Fsp3) is 0.579. The minimum absolute atomic E-state index is 0.0596. The van der Waals surface area contributed by atoms with Crippen LogP contribution < -0.4 is 10.5 Å². The predicted molar refractivity (Wildman–Crippen MR) is 103 cm³/mol. The molecule has 1 aromatic heterocycles. The molecule has 0 aliphatic carbocycles. The van der Waals surface area contributed by atoms with Gasteiger partial charge in [-0.05, 0) is 37.7 Å². The Morgan fingerprint density at radius 2 is 2.07 bits per heavy atom. The topological polar surface area (TPSA) is 93.1 Å².